The van der Waals surface area contributed by atoms with Crippen molar-refractivity contribution in [2.24, 2.45) is 0 Å². The molecule has 3 aromatic rings. The molecule has 5 nitrogen and oxygen atoms in total. The molecule has 1 N–H and O–H groups in total. The number of hydrogen-bond acceptors (Lipinski definition) is 5. The quantitative estimate of drug-likeness (QED) is 0.729. The number of ether oxygens (including phenoxy) is 1. The average Bonchev–Trinajstić information content (AvgIpc) is 3.22. The second-order valence-corrected chi connectivity index (χ2v) is 6.61. The van der Waals surface area contributed by atoms with Gasteiger partial charge in [0, 0.05) is 24.2 Å². The van der Waals surface area contributed by atoms with E-state index in [1.54, 1.807) is 0 Å². The summed E-state index contributed by atoms with van der Waals surface area (Å²) in [5.41, 5.74) is 3.89. The van der Waals surface area contributed by atoms with E-state index < -0.39 is 0 Å². The van der Waals surface area contributed by atoms with Crippen molar-refractivity contribution in [3.8, 4) is 22.5 Å². The minimum Gasteiger partial charge on any atom is -0.394 e. The van der Waals surface area contributed by atoms with Gasteiger partial charge < -0.3 is 14.7 Å². The highest BCUT2D eigenvalue weighted by Crippen LogP contribution is 2.31. The summed E-state index contributed by atoms with van der Waals surface area (Å²) in [7, 11) is 0. The Morgan fingerprint density at radius 3 is 2.30 bits per heavy atom. The molecule has 1 saturated heterocycles. The predicted molar refractivity (Wildman–Crippen MR) is 107 cm³/mol. The summed E-state index contributed by atoms with van der Waals surface area (Å²) in [5.74, 6) is 0.864. The highest BCUT2D eigenvalue weighted by Gasteiger charge is 2.25. The van der Waals surface area contributed by atoms with Crippen molar-refractivity contribution in [2.45, 2.75) is 12.5 Å². The van der Waals surface area contributed by atoms with Crippen LogP contribution in [0, 0.1) is 0 Å². The van der Waals surface area contributed by atoms with Crippen molar-refractivity contribution in [1.29, 1.82) is 0 Å². The zero-order valence-electron chi connectivity index (χ0n) is 15.2. The maximum absolute atomic E-state index is 8.95. The molecule has 0 aliphatic carbocycles. The van der Waals surface area contributed by atoms with Crippen molar-refractivity contribution < 1.29 is 9.84 Å². The number of aliphatic hydroxyl groups excluding tert-OH is 1. The van der Waals surface area contributed by atoms with Crippen molar-refractivity contribution in [3.63, 3.8) is 0 Å². The van der Waals surface area contributed by atoms with Crippen LogP contribution in [0.5, 0.6) is 0 Å². The lowest BCUT2D eigenvalue weighted by Gasteiger charge is -2.19. The van der Waals surface area contributed by atoms with E-state index in [4.69, 9.17) is 19.8 Å². The van der Waals surface area contributed by atoms with E-state index >= 15 is 0 Å². The van der Waals surface area contributed by atoms with Gasteiger partial charge in [0.15, 0.2) is 0 Å². The molecule has 27 heavy (non-hydrogen) atoms. The van der Waals surface area contributed by atoms with Gasteiger partial charge in [-0.3, -0.25) is 4.98 Å². The Labute approximate surface area is 159 Å². The molecule has 1 atom stereocenters. The predicted octanol–water partition coefficient (Wildman–Crippen LogP) is 3.40. The zero-order chi connectivity index (χ0) is 18.5. The summed E-state index contributed by atoms with van der Waals surface area (Å²) < 4.78 is 5.67. The van der Waals surface area contributed by atoms with Gasteiger partial charge in [0.05, 0.1) is 36.9 Å². The van der Waals surface area contributed by atoms with Gasteiger partial charge in [-0.1, -0.05) is 60.7 Å². The Morgan fingerprint density at radius 1 is 0.963 bits per heavy atom. The number of aromatic nitrogens is 2. The Kier molecular flexibility index (Phi) is 5.42. The molecule has 2 aromatic carbocycles. The summed E-state index contributed by atoms with van der Waals surface area (Å²) in [5, 5.41) is 8.95. The molecule has 0 saturated carbocycles. The summed E-state index contributed by atoms with van der Waals surface area (Å²) in [6.07, 6.45) is 2.92. The minimum absolute atomic E-state index is 0.0558. The number of benzene rings is 2. The molecule has 0 bridgehead atoms. The normalized spacial score (nSPS) is 16.6. The topological polar surface area (TPSA) is 58.5 Å². The fraction of sp³-hybridized carbons (Fsp3) is 0.273. The van der Waals surface area contributed by atoms with E-state index in [2.05, 4.69) is 29.2 Å². The fourth-order valence-electron chi connectivity index (χ4n) is 3.43. The van der Waals surface area contributed by atoms with Crippen LogP contribution in [0.15, 0.2) is 66.9 Å². The maximum atomic E-state index is 8.95. The van der Waals surface area contributed by atoms with Gasteiger partial charge >= 0.3 is 0 Å². The Hall–Kier alpha value is -2.76. The van der Waals surface area contributed by atoms with Gasteiger partial charge in [0.25, 0.3) is 0 Å². The molecule has 0 radical (unpaired) electrons. The second-order valence-electron chi connectivity index (χ2n) is 6.61. The first-order valence-electron chi connectivity index (χ1n) is 9.30. The second kappa shape index (κ2) is 8.29. The molecule has 5 heteroatoms. The first-order chi connectivity index (χ1) is 13.3. The third-order valence-electron chi connectivity index (χ3n) is 4.77. The third kappa shape index (κ3) is 3.99. The van der Waals surface area contributed by atoms with Gasteiger partial charge in [0.2, 0.25) is 0 Å². The highest BCUT2D eigenvalue weighted by atomic mass is 16.5. The van der Waals surface area contributed by atoms with Crippen LogP contribution in [0.4, 0.5) is 5.82 Å². The van der Waals surface area contributed by atoms with Crippen LogP contribution in [0.3, 0.4) is 0 Å². The first kappa shape index (κ1) is 17.6. The van der Waals surface area contributed by atoms with E-state index in [-0.39, 0.29) is 12.7 Å². The van der Waals surface area contributed by atoms with Crippen LogP contribution in [0.1, 0.15) is 6.42 Å². The molecule has 1 aliphatic heterocycles. The number of aliphatic hydroxyl groups is 1. The lowest BCUT2D eigenvalue weighted by atomic mass is 10.0. The van der Waals surface area contributed by atoms with Gasteiger partial charge in [-0.25, -0.2) is 4.98 Å². The Bertz CT molecular complexity index is 871. The van der Waals surface area contributed by atoms with Crippen molar-refractivity contribution in [3.05, 3.63) is 66.9 Å². The molecule has 4 rings (SSSR count). The third-order valence-corrected chi connectivity index (χ3v) is 4.77. The van der Waals surface area contributed by atoms with Crippen molar-refractivity contribution >= 4 is 5.82 Å². The minimum atomic E-state index is 0.0558. The van der Waals surface area contributed by atoms with Crippen LogP contribution in [-0.4, -0.2) is 47.5 Å². The molecule has 2 heterocycles. The molecule has 1 unspecified atom stereocenters. The molecule has 138 valence electrons. The van der Waals surface area contributed by atoms with Crippen LogP contribution >= 0.6 is 0 Å². The fourth-order valence-corrected chi connectivity index (χ4v) is 3.43. The smallest absolute Gasteiger partial charge is 0.147 e. The lowest BCUT2D eigenvalue weighted by Crippen LogP contribution is -2.24. The van der Waals surface area contributed by atoms with Crippen LogP contribution in [0.25, 0.3) is 22.5 Å². The summed E-state index contributed by atoms with van der Waals surface area (Å²) in [6, 6.07) is 20.3. The van der Waals surface area contributed by atoms with Gasteiger partial charge in [0.1, 0.15) is 5.82 Å². The summed E-state index contributed by atoms with van der Waals surface area (Å²) >= 11 is 0. The summed E-state index contributed by atoms with van der Waals surface area (Å²) in [6.45, 7) is 2.09. The largest absolute Gasteiger partial charge is 0.394 e. The molecule has 1 aliphatic rings. The molecule has 0 amide bonds. The van der Waals surface area contributed by atoms with Gasteiger partial charge in [-0.05, 0) is 6.42 Å². The maximum Gasteiger partial charge on any atom is 0.147 e. The monoisotopic (exact) mass is 361 g/mol. The average molecular weight is 361 g/mol. The summed E-state index contributed by atoms with van der Waals surface area (Å²) in [4.78, 5) is 12.0. The van der Waals surface area contributed by atoms with Gasteiger partial charge in [-0.15, -0.1) is 0 Å². The number of anilines is 1. The molecule has 1 fully saturated rings. The van der Waals surface area contributed by atoms with Gasteiger partial charge in [-0.2, -0.15) is 0 Å². The molecule has 1 aromatic heterocycles. The van der Waals surface area contributed by atoms with Crippen LogP contribution in [0.2, 0.25) is 0 Å². The molecular formula is C22H23N3O2. The number of nitrogens with zero attached hydrogens (tertiary/aromatic N) is 3. The van der Waals surface area contributed by atoms with E-state index in [0.29, 0.717) is 6.61 Å². The Balaban J connectivity index is 1.68. The van der Waals surface area contributed by atoms with Crippen molar-refractivity contribution in [2.75, 3.05) is 31.2 Å². The SMILES string of the molecule is OCCOC1CCN(c2cnc(-c3ccccc3)c(-c3ccccc3)n2)C1. The van der Waals surface area contributed by atoms with E-state index in [1.807, 2.05) is 42.6 Å². The van der Waals surface area contributed by atoms with E-state index in [9.17, 15) is 0 Å². The molecule has 0 spiro atoms. The van der Waals surface area contributed by atoms with Crippen LogP contribution < -0.4 is 4.90 Å². The number of rotatable bonds is 6. The standard InChI is InChI=1S/C22H23N3O2/c26-13-14-27-19-11-12-25(16-19)20-15-23-21(17-7-3-1-4-8-17)22(24-20)18-9-5-2-6-10-18/h1-10,15,19,26H,11-14,16H2. The van der Waals surface area contributed by atoms with Crippen molar-refractivity contribution in [1.82, 2.24) is 9.97 Å². The first-order valence-corrected chi connectivity index (χ1v) is 9.30. The van der Waals surface area contributed by atoms with E-state index in [1.165, 1.54) is 0 Å². The lowest BCUT2D eigenvalue weighted by molar-refractivity contribution is 0.0410. The zero-order valence-corrected chi connectivity index (χ0v) is 15.2. The highest BCUT2D eigenvalue weighted by molar-refractivity contribution is 5.78. The van der Waals surface area contributed by atoms with Crippen LogP contribution in [-0.2, 0) is 4.74 Å². The number of hydrogen-bond donors (Lipinski definition) is 1. The van der Waals surface area contributed by atoms with E-state index in [0.717, 1.165) is 47.8 Å². The Morgan fingerprint density at radius 2 is 1.63 bits per heavy atom. The molecular weight excluding hydrogens is 338 g/mol.